The van der Waals surface area contributed by atoms with E-state index in [1.54, 1.807) is 31.3 Å². The van der Waals surface area contributed by atoms with Gasteiger partial charge in [0.15, 0.2) is 0 Å². The molecule has 0 spiro atoms. The van der Waals surface area contributed by atoms with Crippen molar-refractivity contribution in [2.24, 2.45) is 5.92 Å². The molecule has 1 aromatic rings. The summed E-state index contributed by atoms with van der Waals surface area (Å²) in [6.07, 6.45) is 3.83. The van der Waals surface area contributed by atoms with Gasteiger partial charge in [0.2, 0.25) is 5.91 Å². The number of aliphatic hydroxyl groups is 1. The van der Waals surface area contributed by atoms with E-state index in [4.69, 9.17) is 0 Å². The highest BCUT2D eigenvalue weighted by atomic mass is 16.3. The highest BCUT2D eigenvalue weighted by Crippen LogP contribution is 2.26. The second kappa shape index (κ2) is 8.73. The Morgan fingerprint density at radius 3 is 2.70 bits per heavy atom. The van der Waals surface area contributed by atoms with Gasteiger partial charge in [0, 0.05) is 26.7 Å². The molecule has 1 aromatic heterocycles. The molecular weight excluding hydrogens is 346 g/mol. The monoisotopic (exact) mass is 379 g/mol. The maximum Gasteiger partial charge on any atom is 0.323 e. The topological polar surface area (TPSA) is 90.7 Å². The Balaban J connectivity index is 2.02. The fraction of sp³-hybridized carbons (Fsp3) is 0.737. The van der Waals surface area contributed by atoms with E-state index in [9.17, 15) is 14.7 Å². The van der Waals surface area contributed by atoms with Gasteiger partial charge >= 0.3 is 6.03 Å². The number of hydrogen-bond acceptors (Lipinski definition) is 4. The molecule has 8 heteroatoms. The summed E-state index contributed by atoms with van der Waals surface area (Å²) in [6.45, 7) is 7.09. The minimum absolute atomic E-state index is 0.0210. The Morgan fingerprint density at radius 1 is 1.37 bits per heavy atom. The van der Waals surface area contributed by atoms with Crippen LogP contribution in [0, 0.1) is 5.92 Å². The highest BCUT2D eigenvalue weighted by molar-refractivity contribution is 5.88. The van der Waals surface area contributed by atoms with Gasteiger partial charge in [-0.05, 0) is 32.1 Å². The molecule has 1 aliphatic heterocycles. The molecule has 152 valence electrons. The quantitative estimate of drug-likeness (QED) is 0.794. The number of piperidine rings is 1. The van der Waals surface area contributed by atoms with Crippen LogP contribution in [0.15, 0.2) is 12.3 Å². The van der Waals surface area contributed by atoms with Crippen molar-refractivity contribution in [1.29, 1.82) is 0 Å². The van der Waals surface area contributed by atoms with Crippen LogP contribution in [-0.2, 0) is 4.79 Å². The number of carbonyl (C=O) groups is 2. The molecule has 1 saturated heterocycles. The second-order valence-electron chi connectivity index (χ2n) is 8.28. The molecule has 8 nitrogen and oxygen atoms in total. The van der Waals surface area contributed by atoms with Crippen LogP contribution in [0.25, 0.3) is 0 Å². The molecular formula is C19H33N5O3. The van der Waals surface area contributed by atoms with E-state index in [1.165, 1.54) is 4.90 Å². The SMILES string of the molecule is CC(C)CC(C)n1nccc1NC(=O)N1CCCC(O)(CC(=O)N(C)C)C1. The molecule has 1 fully saturated rings. The fourth-order valence-corrected chi connectivity index (χ4v) is 3.60. The van der Waals surface area contributed by atoms with Crippen LogP contribution in [0.2, 0.25) is 0 Å². The second-order valence-corrected chi connectivity index (χ2v) is 8.28. The van der Waals surface area contributed by atoms with Gasteiger partial charge in [0.25, 0.3) is 0 Å². The van der Waals surface area contributed by atoms with Crippen molar-refractivity contribution in [2.45, 2.75) is 58.1 Å². The fourth-order valence-electron chi connectivity index (χ4n) is 3.60. The highest BCUT2D eigenvalue weighted by Gasteiger charge is 2.37. The van der Waals surface area contributed by atoms with Crippen molar-refractivity contribution >= 4 is 17.8 Å². The van der Waals surface area contributed by atoms with Crippen LogP contribution >= 0.6 is 0 Å². The lowest BCUT2D eigenvalue weighted by molar-refractivity contribution is -0.135. The standard InChI is InChI=1S/C19H33N5O3/c1-14(2)11-15(3)24-16(7-9-20-24)21-18(26)23-10-6-8-19(27,13-23)12-17(25)22(4)5/h7,9,14-15,27H,6,8,10-13H2,1-5H3,(H,21,26). The number of likely N-dealkylation sites (tertiary alicyclic amines) is 1. The van der Waals surface area contributed by atoms with Gasteiger partial charge in [-0.2, -0.15) is 5.10 Å². The summed E-state index contributed by atoms with van der Waals surface area (Å²) in [5.74, 6) is 1.03. The smallest absolute Gasteiger partial charge is 0.323 e. The Bertz CT molecular complexity index is 658. The lowest BCUT2D eigenvalue weighted by atomic mass is 9.89. The molecule has 2 atom stereocenters. The largest absolute Gasteiger partial charge is 0.387 e. The summed E-state index contributed by atoms with van der Waals surface area (Å²) in [5, 5.41) is 18.0. The molecule has 1 aliphatic rings. The van der Waals surface area contributed by atoms with Gasteiger partial charge in [-0.15, -0.1) is 0 Å². The third-order valence-corrected chi connectivity index (χ3v) is 4.96. The normalized spacial score (nSPS) is 21.2. The maximum absolute atomic E-state index is 12.7. The first-order valence-corrected chi connectivity index (χ1v) is 9.63. The van der Waals surface area contributed by atoms with Crippen LogP contribution in [-0.4, -0.2) is 69.4 Å². The first-order chi connectivity index (χ1) is 12.6. The van der Waals surface area contributed by atoms with Crippen LogP contribution < -0.4 is 5.32 Å². The number of anilines is 1. The summed E-state index contributed by atoms with van der Waals surface area (Å²) < 4.78 is 1.82. The van der Waals surface area contributed by atoms with Crippen molar-refractivity contribution < 1.29 is 14.7 Å². The third kappa shape index (κ3) is 5.69. The predicted molar refractivity (Wildman–Crippen MR) is 104 cm³/mol. The zero-order chi connectivity index (χ0) is 20.2. The summed E-state index contributed by atoms with van der Waals surface area (Å²) in [7, 11) is 3.33. The maximum atomic E-state index is 12.7. The lowest BCUT2D eigenvalue weighted by Gasteiger charge is -2.39. The molecule has 2 rings (SSSR count). The molecule has 2 N–H and O–H groups in total. The lowest BCUT2D eigenvalue weighted by Crippen LogP contribution is -2.53. The molecule has 2 heterocycles. The number of hydrogen-bond donors (Lipinski definition) is 2. The van der Waals surface area contributed by atoms with Crippen molar-refractivity contribution in [3.63, 3.8) is 0 Å². The Morgan fingerprint density at radius 2 is 2.07 bits per heavy atom. The summed E-state index contributed by atoms with van der Waals surface area (Å²) in [6, 6.07) is 1.68. The van der Waals surface area contributed by atoms with Gasteiger partial charge in [0.1, 0.15) is 5.82 Å². The summed E-state index contributed by atoms with van der Waals surface area (Å²) in [4.78, 5) is 27.8. The van der Waals surface area contributed by atoms with Gasteiger partial charge in [0.05, 0.1) is 30.8 Å². The van der Waals surface area contributed by atoms with E-state index in [0.717, 1.165) is 6.42 Å². The number of rotatable bonds is 6. The van der Waals surface area contributed by atoms with Gasteiger partial charge in [-0.3, -0.25) is 10.1 Å². The van der Waals surface area contributed by atoms with Crippen molar-refractivity contribution in [1.82, 2.24) is 19.6 Å². The number of urea groups is 1. The minimum Gasteiger partial charge on any atom is -0.387 e. The van der Waals surface area contributed by atoms with Crippen molar-refractivity contribution in [3.05, 3.63) is 12.3 Å². The van der Waals surface area contributed by atoms with Crippen LogP contribution in [0.4, 0.5) is 10.6 Å². The number of nitrogens with zero attached hydrogens (tertiary/aromatic N) is 4. The van der Waals surface area contributed by atoms with Crippen LogP contribution in [0.1, 0.15) is 52.5 Å². The molecule has 0 aliphatic carbocycles. The zero-order valence-electron chi connectivity index (χ0n) is 17.1. The molecule has 3 amide bonds. The van der Waals surface area contributed by atoms with Gasteiger partial charge in [-0.1, -0.05) is 13.8 Å². The van der Waals surface area contributed by atoms with E-state index in [0.29, 0.717) is 31.1 Å². The Labute approximate surface area is 161 Å². The molecule has 0 radical (unpaired) electrons. The average Bonchev–Trinajstić information content (AvgIpc) is 3.02. The minimum atomic E-state index is -1.18. The first kappa shape index (κ1) is 21.2. The zero-order valence-corrected chi connectivity index (χ0v) is 17.1. The van der Waals surface area contributed by atoms with E-state index >= 15 is 0 Å². The number of nitrogens with one attached hydrogen (secondary N) is 1. The third-order valence-electron chi connectivity index (χ3n) is 4.96. The van der Waals surface area contributed by atoms with Crippen molar-refractivity contribution in [3.8, 4) is 0 Å². The van der Waals surface area contributed by atoms with Crippen molar-refractivity contribution in [2.75, 3.05) is 32.5 Å². The van der Waals surface area contributed by atoms with Gasteiger partial charge < -0.3 is 14.9 Å². The molecule has 2 unspecified atom stereocenters. The molecule has 0 aromatic carbocycles. The first-order valence-electron chi connectivity index (χ1n) is 9.63. The molecule has 0 saturated carbocycles. The number of aromatic nitrogens is 2. The number of β-amino-alcohol motifs (C(OH)–C–C–N with tert-alkyl or cyclic N) is 1. The Kier molecular flexibility index (Phi) is 6.86. The molecule has 0 bridgehead atoms. The Hall–Kier alpha value is -2.09. The van der Waals surface area contributed by atoms with Gasteiger partial charge in [-0.25, -0.2) is 9.48 Å². The van der Waals surface area contributed by atoms with E-state index in [2.05, 4.69) is 31.2 Å². The van der Waals surface area contributed by atoms with Crippen LogP contribution in [0.5, 0.6) is 0 Å². The van der Waals surface area contributed by atoms with E-state index in [1.807, 2.05) is 4.68 Å². The summed E-state index contributed by atoms with van der Waals surface area (Å²) in [5.41, 5.74) is -1.18. The number of amides is 3. The average molecular weight is 380 g/mol. The summed E-state index contributed by atoms with van der Waals surface area (Å²) >= 11 is 0. The molecule has 27 heavy (non-hydrogen) atoms. The van der Waals surface area contributed by atoms with E-state index < -0.39 is 5.60 Å². The van der Waals surface area contributed by atoms with Crippen LogP contribution in [0.3, 0.4) is 0 Å². The van der Waals surface area contributed by atoms with E-state index in [-0.39, 0.29) is 30.9 Å². The number of carbonyl (C=O) groups excluding carboxylic acids is 2. The predicted octanol–water partition coefficient (Wildman–Crippen LogP) is 2.33.